The van der Waals surface area contributed by atoms with Crippen LogP contribution >= 0.6 is 0 Å². The van der Waals surface area contributed by atoms with Crippen LogP contribution in [0.5, 0.6) is 0 Å². The maximum absolute atomic E-state index is 12.6. The summed E-state index contributed by atoms with van der Waals surface area (Å²) >= 11 is 0. The average molecular weight is 368 g/mol. The van der Waals surface area contributed by atoms with Gasteiger partial charge in [-0.15, -0.1) is 0 Å². The van der Waals surface area contributed by atoms with Gasteiger partial charge < -0.3 is 5.32 Å². The van der Waals surface area contributed by atoms with Gasteiger partial charge in [0.15, 0.2) is 5.69 Å². The lowest BCUT2D eigenvalue weighted by Gasteiger charge is -2.09. The Morgan fingerprint density at radius 3 is 2.48 bits per heavy atom. The molecular formula is C15H24N6O3S. The number of nitrogens with one attached hydrogen (secondary N) is 2. The molecule has 0 aliphatic carbocycles. The molecule has 25 heavy (non-hydrogen) atoms. The Kier molecular flexibility index (Phi) is 5.51. The van der Waals surface area contributed by atoms with Crippen LogP contribution in [0.3, 0.4) is 0 Å². The quantitative estimate of drug-likeness (QED) is 0.761. The van der Waals surface area contributed by atoms with Crippen molar-refractivity contribution in [2.24, 2.45) is 13.0 Å². The van der Waals surface area contributed by atoms with Gasteiger partial charge in [-0.25, -0.2) is 8.42 Å². The molecule has 0 fully saturated rings. The summed E-state index contributed by atoms with van der Waals surface area (Å²) in [6.07, 6.45) is 2.92. The van der Waals surface area contributed by atoms with E-state index in [1.807, 2.05) is 20.8 Å². The molecule has 0 bridgehead atoms. The molecular weight excluding hydrogens is 344 g/mol. The summed E-state index contributed by atoms with van der Waals surface area (Å²) in [6.45, 7) is 8.40. The fraction of sp³-hybridized carbons (Fsp3) is 0.533. The molecule has 2 aromatic rings. The van der Waals surface area contributed by atoms with E-state index in [0.717, 1.165) is 0 Å². The van der Waals surface area contributed by atoms with Gasteiger partial charge in [0.25, 0.3) is 15.9 Å². The molecule has 2 rings (SSSR count). The van der Waals surface area contributed by atoms with Crippen LogP contribution in [0, 0.1) is 12.8 Å². The maximum Gasteiger partial charge on any atom is 0.273 e. The topological polar surface area (TPSA) is 111 Å². The number of amides is 1. The van der Waals surface area contributed by atoms with Crippen LogP contribution < -0.4 is 10.0 Å². The molecule has 0 aromatic carbocycles. The third-order valence-electron chi connectivity index (χ3n) is 3.47. The average Bonchev–Trinajstić information content (AvgIpc) is 3.07. The van der Waals surface area contributed by atoms with Gasteiger partial charge in [0.1, 0.15) is 4.90 Å². The van der Waals surface area contributed by atoms with Gasteiger partial charge in [0.2, 0.25) is 0 Å². The third-order valence-corrected chi connectivity index (χ3v) is 4.94. The molecule has 0 atom stereocenters. The number of sulfonamides is 1. The third kappa shape index (κ3) is 4.38. The Morgan fingerprint density at radius 1 is 1.28 bits per heavy atom. The fourth-order valence-electron chi connectivity index (χ4n) is 2.25. The highest BCUT2D eigenvalue weighted by Crippen LogP contribution is 2.21. The lowest BCUT2D eigenvalue weighted by Crippen LogP contribution is -2.28. The van der Waals surface area contributed by atoms with Gasteiger partial charge >= 0.3 is 0 Å². The van der Waals surface area contributed by atoms with Crippen LogP contribution in [-0.2, 0) is 23.6 Å². The predicted octanol–water partition coefficient (Wildman–Crippen LogP) is 1.13. The standard InChI is InChI=1S/C15H24N6O3S/c1-6-21-8-12(14(18-21)15(22)16-7-10(2)3)19-25(23,24)13-9-20(5)17-11(13)4/h8-10,19H,6-7H2,1-5H3,(H,16,22). The number of anilines is 1. The molecule has 2 N–H and O–H groups in total. The number of carbonyl (C=O) groups is 1. The van der Waals surface area contributed by atoms with E-state index in [4.69, 9.17) is 0 Å². The Labute approximate surface area is 147 Å². The van der Waals surface area contributed by atoms with E-state index in [1.165, 1.54) is 21.8 Å². The van der Waals surface area contributed by atoms with E-state index >= 15 is 0 Å². The molecule has 0 radical (unpaired) electrons. The zero-order valence-electron chi connectivity index (χ0n) is 15.1. The molecule has 2 aromatic heterocycles. The summed E-state index contributed by atoms with van der Waals surface area (Å²) in [5.74, 6) is -0.142. The van der Waals surface area contributed by atoms with E-state index in [-0.39, 0.29) is 22.2 Å². The normalized spacial score (nSPS) is 11.8. The second-order valence-electron chi connectivity index (χ2n) is 6.21. The van der Waals surface area contributed by atoms with Gasteiger partial charge in [-0.2, -0.15) is 10.2 Å². The largest absolute Gasteiger partial charge is 0.350 e. The van der Waals surface area contributed by atoms with Gasteiger partial charge in [0.05, 0.1) is 11.4 Å². The number of hydrogen-bond acceptors (Lipinski definition) is 5. The second-order valence-corrected chi connectivity index (χ2v) is 7.86. The molecule has 10 heteroatoms. The first kappa shape index (κ1) is 19.0. The van der Waals surface area contributed by atoms with Crippen LogP contribution in [0.4, 0.5) is 5.69 Å². The van der Waals surface area contributed by atoms with Crippen LogP contribution in [0.2, 0.25) is 0 Å². The van der Waals surface area contributed by atoms with Crippen LogP contribution in [-0.4, -0.2) is 40.4 Å². The highest BCUT2D eigenvalue weighted by atomic mass is 32.2. The molecule has 1 amide bonds. The number of hydrogen-bond donors (Lipinski definition) is 2. The van der Waals surface area contributed by atoms with Crippen molar-refractivity contribution in [3.63, 3.8) is 0 Å². The van der Waals surface area contributed by atoms with Crippen molar-refractivity contribution >= 4 is 21.6 Å². The summed E-state index contributed by atoms with van der Waals surface area (Å²) in [5, 5.41) is 11.0. The highest BCUT2D eigenvalue weighted by molar-refractivity contribution is 7.92. The molecule has 0 aliphatic heterocycles. The molecule has 9 nitrogen and oxygen atoms in total. The molecule has 0 saturated carbocycles. The zero-order chi connectivity index (χ0) is 18.8. The maximum atomic E-state index is 12.6. The molecule has 138 valence electrons. The lowest BCUT2D eigenvalue weighted by atomic mass is 10.2. The number of carbonyl (C=O) groups excluding carboxylic acids is 1. The van der Waals surface area contributed by atoms with Gasteiger partial charge in [-0.3, -0.25) is 18.9 Å². The van der Waals surface area contributed by atoms with E-state index in [1.54, 1.807) is 14.0 Å². The number of rotatable bonds is 7. The van der Waals surface area contributed by atoms with E-state index in [2.05, 4.69) is 20.2 Å². The lowest BCUT2D eigenvalue weighted by molar-refractivity contribution is 0.0944. The first-order valence-corrected chi connectivity index (χ1v) is 9.51. The minimum absolute atomic E-state index is 0.0487. The predicted molar refractivity (Wildman–Crippen MR) is 93.8 cm³/mol. The molecule has 0 unspecified atom stereocenters. The van der Waals surface area contributed by atoms with Crippen LogP contribution in [0.25, 0.3) is 0 Å². The smallest absolute Gasteiger partial charge is 0.273 e. The first-order valence-electron chi connectivity index (χ1n) is 8.02. The summed E-state index contributed by atoms with van der Waals surface area (Å²) in [5.41, 5.74) is 0.572. The molecule has 2 heterocycles. The van der Waals surface area contributed by atoms with E-state index < -0.39 is 15.9 Å². The van der Waals surface area contributed by atoms with Crippen LogP contribution in [0.15, 0.2) is 17.3 Å². The highest BCUT2D eigenvalue weighted by Gasteiger charge is 2.25. The minimum Gasteiger partial charge on any atom is -0.350 e. The van der Waals surface area contributed by atoms with Crippen molar-refractivity contribution in [2.45, 2.75) is 39.1 Å². The number of aromatic nitrogens is 4. The summed E-state index contributed by atoms with van der Waals surface area (Å²) in [4.78, 5) is 12.4. The van der Waals surface area contributed by atoms with Crippen molar-refractivity contribution in [1.29, 1.82) is 0 Å². The number of aryl methyl sites for hydroxylation is 3. The summed E-state index contributed by atoms with van der Waals surface area (Å²) < 4.78 is 30.7. The van der Waals surface area contributed by atoms with Gasteiger partial charge in [0, 0.05) is 32.5 Å². The Morgan fingerprint density at radius 2 is 1.96 bits per heavy atom. The van der Waals surface area contributed by atoms with Crippen molar-refractivity contribution < 1.29 is 13.2 Å². The Bertz CT molecular complexity index is 866. The van der Waals surface area contributed by atoms with E-state index in [0.29, 0.717) is 18.8 Å². The molecule has 0 saturated heterocycles. The van der Waals surface area contributed by atoms with Gasteiger partial charge in [-0.05, 0) is 19.8 Å². The van der Waals surface area contributed by atoms with Crippen molar-refractivity contribution in [1.82, 2.24) is 24.9 Å². The Hall–Kier alpha value is -2.36. The minimum atomic E-state index is -3.87. The van der Waals surface area contributed by atoms with E-state index in [9.17, 15) is 13.2 Å². The van der Waals surface area contributed by atoms with Crippen molar-refractivity contribution in [3.05, 3.63) is 23.8 Å². The monoisotopic (exact) mass is 368 g/mol. The zero-order valence-corrected chi connectivity index (χ0v) is 15.9. The second kappa shape index (κ2) is 7.26. The molecule has 0 aliphatic rings. The number of nitrogens with zero attached hydrogens (tertiary/aromatic N) is 4. The van der Waals surface area contributed by atoms with Crippen molar-refractivity contribution in [2.75, 3.05) is 11.3 Å². The summed E-state index contributed by atoms with van der Waals surface area (Å²) in [6, 6.07) is 0. The van der Waals surface area contributed by atoms with Crippen LogP contribution in [0.1, 0.15) is 37.0 Å². The fourth-order valence-corrected chi connectivity index (χ4v) is 3.52. The Balaban J connectivity index is 2.34. The first-order chi connectivity index (χ1) is 11.6. The summed E-state index contributed by atoms with van der Waals surface area (Å²) in [7, 11) is -2.23. The SMILES string of the molecule is CCn1cc(NS(=O)(=O)c2cn(C)nc2C)c(C(=O)NCC(C)C)n1. The van der Waals surface area contributed by atoms with Crippen molar-refractivity contribution in [3.8, 4) is 0 Å². The molecule has 0 spiro atoms. The van der Waals surface area contributed by atoms with Gasteiger partial charge in [-0.1, -0.05) is 13.8 Å².